The quantitative estimate of drug-likeness (QED) is 0.446. The zero-order chi connectivity index (χ0) is 14.5. The van der Waals surface area contributed by atoms with E-state index in [9.17, 15) is 9.18 Å². The minimum Gasteiger partial charge on any atom is -0.422 e. The smallest absolute Gasteiger partial charge is 0.336 e. The molecule has 0 atom stereocenters. The van der Waals surface area contributed by atoms with Gasteiger partial charge in [0.2, 0.25) is 0 Å². The highest BCUT2D eigenvalue weighted by molar-refractivity contribution is 9.10. The Morgan fingerprint density at radius 2 is 1.90 bits per heavy atom. The van der Waals surface area contributed by atoms with Gasteiger partial charge in [0.15, 0.2) is 0 Å². The van der Waals surface area contributed by atoms with E-state index < -0.39 is 5.97 Å². The summed E-state index contributed by atoms with van der Waals surface area (Å²) in [5.41, 5.74) is 0.699. The van der Waals surface area contributed by atoms with Crippen LogP contribution >= 0.6 is 27.5 Å². The number of hydrogen-bond donors (Lipinski definition) is 0. The Morgan fingerprint density at radius 1 is 1.20 bits per heavy atom. The van der Waals surface area contributed by atoms with E-state index in [1.807, 2.05) is 0 Å². The maximum atomic E-state index is 12.7. The lowest BCUT2D eigenvalue weighted by Crippen LogP contribution is -2.03. The van der Waals surface area contributed by atoms with E-state index in [2.05, 4.69) is 15.9 Å². The van der Waals surface area contributed by atoms with E-state index in [-0.39, 0.29) is 11.6 Å². The molecule has 20 heavy (non-hydrogen) atoms. The van der Waals surface area contributed by atoms with Crippen LogP contribution in [-0.2, 0) is 4.79 Å². The lowest BCUT2D eigenvalue weighted by molar-refractivity contribution is -0.128. The summed E-state index contributed by atoms with van der Waals surface area (Å²) in [6.07, 6.45) is 2.79. The third-order valence-electron chi connectivity index (χ3n) is 2.39. The first-order valence-corrected chi connectivity index (χ1v) is 6.82. The molecule has 0 aliphatic carbocycles. The molecule has 0 spiro atoms. The van der Waals surface area contributed by atoms with Gasteiger partial charge in [0.1, 0.15) is 11.6 Å². The molecule has 0 saturated carbocycles. The van der Waals surface area contributed by atoms with Gasteiger partial charge in [-0.1, -0.05) is 39.7 Å². The number of rotatable bonds is 3. The van der Waals surface area contributed by atoms with Gasteiger partial charge in [0.25, 0.3) is 0 Å². The Bertz CT molecular complexity index is 653. The number of hydrogen-bond acceptors (Lipinski definition) is 2. The SMILES string of the molecule is O=C(/C=C/c1ccc(F)cc1)Oc1ccc(Br)cc1Cl. The third kappa shape index (κ3) is 4.18. The lowest BCUT2D eigenvalue weighted by atomic mass is 10.2. The van der Waals surface area contributed by atoms with E-state index in [1.165, 1.54) is 24.3 Å². The second-order valence-corrected chi connectivity index (χ2v) is 5.20. The van der Waals surface area contributed by atoms with Crippen LogP contribution in [0.1, 0.15) is 5.56 Å². The highest BCUT2D eigenvalue weighted by Crippen LogP contribution is 2.27. The summed E-state index contributed by atoms with van der Waals surface area (Å²) in [5, 5.41) is 0.336. The van der Waals surface area contributed by atoms with E-state index in [0.29, 0.717) is 10.6 Å². The van der Waals surface area contributed by atoms with Crippen LogP contribution in [0.25, 0.3) is 6.08 Å². The topological polar surface area (TPSA) is 26.3 Å². The average Bonchev–Trinajstić information content (AvgIpc) is 2.41. The molecule has 0 aliphatic heterocycles. The van der Waals surface area contributed by atoms with Gasteiger partial charge in [0, 0.05) is 10.5 Å². The van der Waals surface area contributed by atoms with Crippen molar-refractivity contribution in [1.82, 2.24) is 0 Å². The number of ether oxygens (including phenoxy) is 1. The minimum atomic E-state index is -0.557. The summed E-state index contributed by atoms with van der Waals surface area (Å²) >= 11 is 9.20. The molecule has 0 saturated heterocycles. The first-order chi connectivity index (χ1) is 9.54. The van der Waals surface area contributed by atoms with Crippen molar-refractivity contribution in [2.24, 2.45) is 0 Å². The van der Waals surface area contributed by atoms with Crippen LogP contribution in [0.3, 0.4) is 0 Å². The fraction of sp³-hybridized carbons (Fsp3) is 0. The first-order valence-electron chi connectivity index (χ1n) is 5.65. The monoisotopic (exact) mass is 354 g/mol. The van der Waals surface area contributed by atoms with Gasteiger partial charge in [-0.05, 0) is 42.0 Å². The zero-order valence-electron chi connectivity index (χ0n) is 10.1. The van der Waals surface area contributed by atoms with Gasteiger partial charge >= 0.3 is 5.97 Å². The summed E-state index contributed by atoms with van der Waals surface area (Å²) in [4.78, 5) is 11.6. The van der Waals surface area contributed by atoms with E-state index in [1.54, 1.807) is 30.3 Å². The molecule has 102 valence electrons. The Morgan fingerprint density at radius 3 is 2.55 bits per heavy atom. The molecule has 0 aliphatic rings. The van der Waals surface area contributed by atoms with Crippen LogP contribution in [0.5, 0.6) is 5.75 Å². The molecule has 0 fully saturated rings. The highest BCUT2D eigenvalue weighted by Gasteiger charge is 2.06. The number of benzene rings is 2. The predicted octanol–water partition coefficient (Wildman–Crippen LogP) is 4.86. The van der Waals surface area contributed by atoms with Crippen molar-refractivity contribution in [2.45, 2.75) is 0 Å². The Balaban J connectivity index is 2.03. The highest BCUT2D eigenvalue weighted by atomic mass is 79.9. The van der Waals surface area contributed by atoms with E-state index in [0.717, 1.165) is 4.47 Å². The van der Waals surface area contributed by atoms with Gasteiger partial charge in [-0.15, -0.1) is 0 Å². The van der Waals surface area contributed by atoms with Crippen molar-refractivity contribution in [2.75, 3.05) is 0 Å². The number of carbonyl (C=O) groups is 1. The van der Waals surface area contributed by atoms with Crippen molar-refractivity contribution in [3.8, 4) is 5.75 Å². The van der Waals surface area contributed by atoms with Gasteiger partial charge in [0.05, 0.1) is 5.02 Å². The molecule has 0 heterocycles. The first kappa shape index (κ1) is 14.8. The Hall–Kier alpha value is -1.65. The van der Waals surface area contributed by atoms with Crippen LogP contribution in [0.2, 0.25) is 5.02 Å². The number of halogens is 3. The van der Waals surface area contributed by atoms with Crippen LogP contribution in [0, 0.1) is 5.82 Å². The van der Waals surface area contributed by atoms with Crippen molar-refractivity contribution in [3.63, 3.8) is 0 Å². The molecule has 0 aromatic heterocycles. The maximum absolute atomic E-state index is 12.7. The van der Waals surface area contributed by atoms with Crippen LogP contribution < -0.4 is 4.74 Å². The van der Waals surface area contributed by atoms with Gasteiger partial charge in [-0.25, -0.2) is 9.18 Å². The van der Waals surface area contributed by atoms with Gasteiger partial charge < -0.3 is 4.74 Å². The van der Waals surface area contributed by atoms with Crippen molar-refractivity contribution in [1.29, 1.82) is 0 Å². The number of esters is 1. The fourth-order valence-corrected chi connectivity index (χ4v) is 2.15. The fourth-order valence-electron chi connectivity index (χ4n) is 1.44. The largest absolute Gasteiger partial charge is 0.422 e. The summed E-state index contributed by atoms with van der Waals surface area (Å²) in [5.74, 6) is -0.603. The Kier molecular flexibility index (Phi) is 4.93. The molecule has 0 radical (unpaired) electrons. The lowest BCUT2D eigenvalue weighted by Gasteiger charge is -2.03. The van der Waals surface area contributed by atoms with Crippen LogP contribution in [0.4, 0.5) is 4.39 Å². The minimum absolute atomic E-state index is 0.281. The predicted molar refractivity (Wildman–Crippen MR) is 80.2 cm³/mol. The molecule has 2 rings (SSSR count). The molecule has 0 amide bonds. The standard InChI is InChI=1S/C15H9BrClFO2/c16-11-4-7-14(13(17)9-11)20-15(19)8-3-10-1-5-12(18)6-2-10/h1-9H/b8-3+. The van der Waals surface area contributed by atoms with Crippen molar-refractivity contribution >= 4 is 39.6 Å². The van der Waals surface area contributed by atoms with Crippen LogP contribution in [0.15, 0.2) is 53.0 Å². The summed E-state index contributed by atoms with van der Waals surface area (Å²) in [7, 11) is 0. The second-order valence-electron chi connectivity index (χ2n) is 3.88. The summed E-state index contributed by atoms with van der Waals surface area (Å²) in [6, 6.07) is 10.7. The van der Waals surface area contributed by atoms with Crippen LogP contribution in [-0.4, -0.2) is 5.97 Å². The molecule has 0 unspecified atom stereocenters. The maximum Gasteiger partial charge on any atom is 0.336 e. The van der Waals surface area contributed by atoms with E-state index >= 15 is 0 Å². The van der Waals surface area contributed by atoms with Crippen molar-refractivity contribution < 1.29 is 13.9 Å². The average molecular weight is 356 g/mol. The normalized spacial score (nSPS) is 10.8. The third-order valence-corrected chi connectivity index (χ3v) is 3.17. The summed E-state index contributed by atoms with van der Waals surface area (Å²) < 4.78 is 18.6. The van der Waals surface area contributed by atoms with Gasteiger partial charge in [-0.2, -0.15) is 0 Å². The van der Waals surface area contributed by atoms with E-state index in [4.69, 9.17) is 16.3 Å². The molecular formula is C15H9BrClFO2. The van der Waals surface area contributed by atoms with Crippen molar-refractivity contribution in [3.05, 3.63) is 69.4 Å². The molecule has 0 bridgehead atoms. The molecule has 5 heteroatoms. The molecule has 2 aromatic rings. The summed E-state index contributed by atoms with van der Waals surface area (Å²) in [6.45, 7) is 0. The zero-order valence-corrected chi connectivity index (χ0v) is 12.5. The number of carbonyl (C=O) groups excluding carboxylic acids is 1. The molecule has 2 nitrogen and oxygen atoms in total. The molecule has 0 N–H and O–H groups in total. The molecular weight excluding hydrogens is 347 g/mol. The Labute approximate surface area is 129 Å². The molecule has 2 aromatic carbocycles. The van der Waals surface area contributed by atoms with Gasteiger partial charge in [-0.3, -0.25) is 0 Å². The second kappa shape index (κ2) is 6.68.